The molecular formula is C11H17NO. The summed E-state index contributed by atoms with van der Waals surface area (Å²) in [5.74, 6) is 0. The predicted octanol–water partition coefficient (Wildman–Crippen LogP) is 2.06. The summed E-state index contributed by atoms with van der Waals surface area (Å²) >= 11 is 0. The van der Waals surface area contributed by atoms with Gasteiger partial charge in [-0.3, -0.25) is 0 Å². The number of hydrogen-bond acceptors (Lipinski definition) is 2. The molecule has 1 aromatic rings. The number of hydrogen-bond donors (Lipinski definition) is 2. The van der Waals surface area contributed by atoms with E-state index < -0.39 is 5.60 Å². The van der Waals surface area contributed by atoms with E-state index in [-0.39, 0.29) is 0 Å². The van der Waals surface area contributed by atoms with Crippen molar-refractivity contribution in [2.75, 3.05) is 5.73 Å². The Morgan fingerprint density at radius 2 is 2.00 bits per heavy atom. The highest BCUT2D eigenvalue weighted by Crippen LogP contribution is 2.25. The third-order valence-electron chi connectivity index (χ3n) is 2.17. The molecule has 1 rings (SSSR count). The van der Waals surface area contributed by atoms with Gasteiger partial charge in [-0.15, -0.1) is 0 Å². The molecule has 0 aliphatic rings. The fraction of sp³-hybridized carbons (Fsp3) is 0.455. The molecule has 13 heavy (non-hydrogen) atoms. The van der Waals surface area contributed by atoms with Crippen molar-refractivity contribution in [1.29, 1.82) is 0 Å². The maximum atomic E-state index is 9.85. The average molecular weight is 179 g/mol. The van der Waals surface area contributed by atoms with Gasteiger partial charge in [0, 0.05) is 5.69 Å². The molecule has 0 unspecified atom stereocenters. The lowest BCUT2D eigenvalue weighted by Gasteiger charge is -2.21. The van der Waals surface area contributed by atoms with Crippen LogP contribution in [0.5, 0.6) is 0 Å². The molecule has 0 aliphatic carbocycles. The zero-order chi connectivity index (χ0) is 10.1. The number of nitrogens with two attached hydrogens (primary N) is 1. The first kappa shape index (κ1) is 10.1. The van der Waals surface area contributed by atoms with E-state index in [2.05, 4.69) is 6.92 Å². The van der Waals surface area contributed by atoms with E-state index >= 15 is 0 Å². The summed E-state index contributed by atoms with van der Waals surface area (Å²) in [5, 5.41) is 9.85. The second kappa shape index (κ2) is 3.38. The van der Waals surface area contributed by atoms with Crippen molar-refractivity contribution in [2.24, 2.45) is 0 Å². The summed E-state index contributed by atoms with van der Waals surface area (Å²) in [5.41, 5.74) is 7.72. The maximum Gasteiger partial charge on any atom is 0.0843 e. The number of aryl methyl sites for hydroxylation is 1. The quantitative estimate of drug-likeness (QED) is 0.683. The average Bonchev–Trinajstić information content (AvgIpc) is 2.01. The number of nitrogen functional groups attached to an aromatic ring is 1. The zero-order valence-corrected chi connectivity index (χ0v) is 8.46. The maximum absolute atomic E-state index is 9.85. The van der Waals surface area contributed by atoms with Crippen molar-refractivity contribution in [1.82, 2.24) is 0 Å². The van der Waals surface area contributed by atoms with Crippen LogP contribution in [0.25, 0.3) is 0 Å². The molecule has 0 aliphatic heterocycles. The second-order valence-electron chi connectivity index (χ2n) is 3.83. The largest absolute Gasteiger partial charge is 0.399 e. The number of anilines is 1. The Bertz CT molecular complexity index is 299. The number of benzene rings is 1. The minimum absolute atomic E-state index is 0.754. The highest BCUT2D eigenvalue weighted by molar-refractivity contribution is 5.46. The van der Waals surface area contributed by atoms with Gasteiger partial charge in [-0.25, -0.2) is 0 Å². The van der Waals surface area contributed by atoms with Crippen molar-refractivity contribution in [3.63, 3.8) is 0 Å². The van der Waals surface area contributed by atoms with Gasteiger partial charge in [-0.2, -0.15) is 0 Å². The minimum Gasteiger partial charge on any atom is -0.399 e. The van der Waals surface area contributed by atoms with Crippen LogP contribution in [0.4, 0.5) is 5.69 Å². The summed E-state index contributed by atoms with van der Waals surface area (Å²) in [4.78, 5) is 0. The smallest absolute Gasteiger partial charge is 0.0843 e. The summed E-state index contributed by atoms with van der Waals surface area (Å²) in [6, 6.07) is 5.65. The SMILES string of the molecule is CCc1cc(N)ccc1C(C)(C)O. The Balaban J connectivity index is 3.22. The molecule has 0 aromatic heterocycles. The molecule has 2 heteroatoms. The van der Waals surface area contributed by atoms with Gasteiger partial charge in [0.2, 0.25) is 0 Å². The van der Waals surface area contributed by atoms with E-state index in [4.69, 9.17) is 5.73 Å². The fourth-order valence-corrected chi connectivity index (χ4v) is 1.50. The van der Waals surface area contributed by atoms with Crippen LogP contribution in [-0.2, 0) is 12.0 Å². The van der Waals surface area contributed by atoms with Crippen LogP contribution in [-0.4, -0.2) is 5.11 Å². The van der Waals surface area contributed by atoms with Crippen molar-refractivity contribution >= 4 is 5.69 Å². The molecule has 0 amide bonds. The summed E-state index contributed by atoms with van der Waals surface area (Å²) in [6.45, 7) is 5.64. The highest BCUT2D eigenvalue weighted by atomic mass is 16.3. The third kappa shape index (κ3) is 2.22. The topological polar surface area (TPSA) is 46.2 Å². The van der Waals surface area contributed by atoms with E-state index in [1.54, 1.807) is 13.8 Å². The number of aliphatic hydroxyl groups is 1. The lowest BCUT2D eigenvalue weighted by Crippen LogP contribution is -2.17. The standard InChI is InChI=1S/C11H17NO/c1-4-8-7-9(12)5-6-10(8)11(2,3)13/h5-7,13H,4,12H2,1-3H3. The van der Waals surface area contributed by atoms with Gasteiger partial charge in [0.15, 0.2) is 0 Å². The van der Waals surface area contributed by atoms with Gasteiger partial charge in [-0.1, -0.05) is 13.0 Å². The van der Waals surface area contributed by atoms with Crippen LogP contribution in [0, 0.1) is 0 Å². The normalized spacial score (nSPS) is 11.7. The lowest BCUT2D eigenvalue weighted by molar-refractivity contribution is 0.0777. The molecule has 0 spiro atoms. The molecule has 72 valence electrons. The molecule has 0 saturated heterocycles. The Labute approximate surface area is 79.4 Å². The van der Waals surface area contributed by atoms with Crippen molar-refractivity contribution in [3.8, 4) is 0 Å². The first-order chi connectivity index (χ1) is 5.95. The number of rotatable bonds is 2. The first-order valence-electron chi connectivity index (χ1n) is 4.56. The van der Waals surface area contributed by atoms with Crippen LogP contribution >= 0.6 is 0 Å². The Morgan fingerprint density at radius 1 is 1.38 bits per heavy atom. The first-order valence-corrected chi connectivity index (χ1v) is 4.56. The highest BCUT2D eigenvalue weighted by Gasteiger charge is 2.18. The summed E-state index contributed by atoms with van der Waals surface area (Å²) in [6.07, 6.45) is 0.893. The molecule has 1 aromatic carbocycles. The predicted molar refractivity (Wildman–Crippen MR) is 55.5 cm³/mol. The van der Waals surface area contributed by atoms with Crippen LogP contribution < -0.4 is 5.73 Å². The zero-order valence-electron chi connectivity index (χ0n) is 8.46. The summed E-state index contributed by atoms with van der Waals surface area (Å²) in [7, 11) is 0. The molecule has 2 nitrogen and oxygen atoms in total. The van der Waals surface area contributed by atoms with Crippen LogP contribution in [0.2, 0.25) is 0 Å². The van der Waals surface area contributed by atoms with E-state index in [0.29, 0.717) is 0 Å². The van der Waals surface area contributed by atoms with Crippen molar-refractivity contribution in [3.05, 3.63) is 29.3 Å². The van der Waals surface area contributed by atoms with E-state index in [0.717, 1.165) is 23.2 Å². The molecule has 0 heterocycles. The van der Waals surface area contributed by atoms with Gasteiger partial charge in [0.25, 0.3) is 0 Å². The monoisotopic (exact) mass is 179 g/mol. The minimum atomic E-state index is -0.779. The van der Waals surface area contributed by atoms with Gasteiger partial charge in [-0.05, 0) is 43.5 Å². The van der Waals surface area contributed by atoms with Gasteiger partial charge >= 0.3 is 0 Å². The van der Waals surface area contributed by atoms with E-state index in [1.165, 1.54) is 0 Å². The Hall–Kier alpha value is -1.02. The summed E-state index contributed by atoms with van der Waals surface area (Å²) < 4.78 is 0. The van der Waals surface area contributed by atoms with Gasteiger partial charge in [0.1, 0.15) is 0 Å². The van der Waals surface area contributed by atoms with Crippen LogP contribution in [0.3, 0.4) is 0 Å². The Morgan fingerprint density at radius 3 is 2.46 bits per heavy atom. The fourth-order valence-electron chi connectivity index (χ4n) is 1.50. The molecule has 0 bridgehead atoms. The van der Waals surface area contributed by atoms with Gasteiger partial charge < -0.3 is 10.8 Å². The molecule has 0 radical (unpaired) electrons. The van der Waals surface area contributed by atoms with Crippen LogP contribution in [0.15, 0.2) is 18.2 Å². The second-order valence-corrected chi connectivity index (χ2v) is 3.83. The van der Waals surface area contributed by atoms with Crippen molar-refractivity contribution < 1.29 is 5.11 Å². The van der Waals surface area contributed by atoms with E-state index in [9.17, 15) is 5.11 Å². The van der Waals surface area contributed by atoms with E-state index in [1.807, 2.05) is 18.2 Å². The van der Waals surface area contributed by atoms with Gasteiger partial charge in [0.05, 0.1) is 5.60 Å². The molecular weight excluding hydrogens is 162 g/mol. The Kier molecular flexibility index (Phi) is 2.62. The molecule has 0 saturated carbocycles. The lowest BCUT2D eigenvalue weighted by atomic mass is 9.92. The molecule has 3 N–H and O–H groups in total. The van der Waals surface area contributed by atoms with Crippen LogP contribution in [0.1, 0.15) is 31.9 Å². The van der Waals surface area contributed by atoms with Crippen molar-refractivity contribution in [2.45, 2.75) is 32.8 Å². The molecule has 0 fully saturated rings. The molecule has 0 atom stereocenters. The third-order valence-corrected chi connectivity index (χ3v) is 2.17.